The van der Waals surface area contributed by atoms with Gasteiger partial charge in [-0.1, -0.05) is 29.5 Å². The molecule has 2 aromatic heterocycles. The van der Waals surface area contributed by atoms with Gasteiger partial charge in [-0.15, -0.1) is 0 Å². The molecule has 1 amide bonds. The molecule has 3 heterocycles. The number of carbonyl (C=O) groups is 1. The minimum absolute atomic E-state index is 0.0265. The molecule has 1 aliphatic heterocycles. The Morgan fingerprint density at radius 3 is 2.68 bits per heavy atom. The van der Waals surface area contributed by atoms with Crippen LogP contribution in [0.5, 0.6) is 11.5 Å². The van der Waals surface area contributed by atoms with Crippen LogP contribution in [0.25, 0.3) is 10.2 Å². The molecular formula is C23H21N5O2S. The van der Waals surface area contributed by atoms with Gasteiger partial charge in [0.05, 0.1) is 16.4 Å². The van der Waals surface area contributed by atoms with Gasteiger partial charge in [-0.25, -0.2) is 9.97 Å². The number of nitrogens with zero attached hydrogens (tertiary/aromatic N) is 4. The Bertz CT molecular complexity index is 1170. The Morgan fingerprint density at radius 2 is 1.90 bits per heavy atom. The summed E-state index contributed by atoms with van der Waals surface area (Å²) in [7, 11) is 0. The van der Waals surface area contributed by atoms with Crippen LogP contribution in [0.2, 0.25) is 0 Å². The van der Waals surface area contributed by atoms with E-state index in [9.17, 15) is 4.79 Å². The van der Waals surface area contributed by atoms with Crippen LogP contribution < -0.4 is 15.0 Å². The lowest BCUT2D eigenvalue weighted by molar-refractivity contribution is -0.120. The Morgan fingerprint density at radius 1 is 1.06 bits per heavy atom. The quantitative estimate of drug-likeness (QED) is 0.492. The highest BCUT2D eigenvalue weighted by Gasteiger charge is 2.26. The maximum absolute atomic E-state index is 12.8. The zero-order valence-electron chi connectivity index (χ0n) is 16.8. The van der Waals surface area contributed by atoms with Gasteiger partial charge in [-0.2, -0.15) is 0 Å². The molecule has 1 aliphatic rings. The average molecular weight is 432 g/mol. The number of para-hydroxylation sites is 1. The highest BCUT2D eigenvalue weighted by Crippen LogP contribution is 2.32. The van der Waals surface area contributed by atoms with Crippen LogP contribution in [-0.2, 0) is 4.79 Å². The Labute approximate surface area is 183 Å². The van der Waals surface area contributed by atoms with Crippen LogP contribution in [0, 0.1) is 5.92 Å². The molecule has 1 fully saturated rings. The van der Waals surface area contributed by atoms with Crippen molar-refractivity contribution in [2.75, 3.05) is 23.3 Å². The van der Waals surface area contributed by atoms with Gasteiger partial charge in [0.15, 0.2) is 5.13 Å². The number of aromatic nitrogens is 3. The zero-order chi connectivity index (χ0) is 21.0. The minimum Gasteiger partial charge on any atom is -0.457 e. The summed E-state index contributed by atoms with van der Waals surface area (Å²) in [5.41, 5.74) is 0.846. The third-order valence-electron chi connectivity index (χ3n) is 5.31. The number of carbonyl (C=O) groups excluding carboxylic acids is 1. The summed E-state index contributed by atoms with van der Waals surface area (Å²) in [6.45, 7) is 1.58. The number of hydrogen-bond donors (Lipinski definition) is 1. The maximum atomic E-state index is 12.8. The minimum atomic E-state index is -0.0306. The van der Waals surface area contributed by atoms with Crippen molar-refractivity contribution < 1.29 is 9.53 Å². The summed E-state index contributed by atoms with van der Waals surface area (Å²) < 4.78 is 6.87. The van der Waals surface area contributed by atoms with E-state index >= 15 is 0 Å². The molecule has 0 radical (unpaired) electrons. The van der Waals surface area contributed by atoms with E-state index in [1.165, 1.54) is 11.3 Å². The largest absolute Gasteiger partial charge is 0.457 e. The second-order valence-electron chi connectivity index (χ2n) is 7.38. The lowest BCUT2D eigenvalue weighted by atomic mass is 9.96. The van der Waals surface area contributed by atoms with Gasteiger partial charge in [-0.3, -0.25) is 9.78 Å². The van der Waals surface area contributed by atoms with Gasteiger partial charge in [0, 0.05) is 37.5 Å². The van der Waals surface area contributed by atoms with Crippen molar-refractivity contribution in [2.45, 2.75) is 12.8 Å². The van der Waals surface area contributed by atoms with E-state index in [1.54, 1.807) is 18.6 Å². The van der Waals surface area contributed by atoms with Crippen LogP contribution in [0.15, 0.2) is 67.1 Å². The average Bonchev–Trinajstić information content (AvgIpc) is 3.22. The molecule has 4 aromatic rings. The van der Waals surface area contributed by atoms with Crippen molar-refractivity contribution in [3.63, 3.8) is 0 Å². The van der Waals surface area contributed by atoms with E-state index in [-0.39, 0.29) is 11.8 Å². The van der Waals surface area contributed by atoms with Crippen LogP contribution in [-0.4, -0.2) is 33.9 Å². The predicted octanol–water partition coefficient (Wildman–Crippen LogP) is 4.73. The summed E-state index contributed by atoms with van der Waals surface area (Å²) in [4.78, 5) is 28.0. The van der Waals surface area contributed by atoms with Crippen molar-refractivity contribution in [1.29, 1.82) is 0 Å². The molecule has 0 saturated carbocycles. The molecule has 0 aliphatic carbocycles. The van der Waals surface area contributed by atoms with Crippen molar-refractivity contribution in [3.8, 4) is 11.5 Å². The van der Waals surface area contributed by atoms with E-state index < -0.39 is 0 Å². The fourth-order valence-corrected chi connectivity index (χ4v) is 4.58. The number of ether oxygens (including phenoxy) is 1. The standard InChI is InChI=1S/C23H21N5O2S/c29-22(16-8-12-28(13-9-16)21-15-24-10-11-25-21)27-23-26-19-7-6-18(14-20(19)31-23)30-17-4-2-1-3-5-17/h1-7,10-11,14-16H,8-9,12-13H2,(H,26,27,29). The lowest BCUT2D eigenvalue weighted by Crippen LogP contribution is -2.38. The second kappa shape index (κ2) is 8.69. The summed E-state index contributed by atoms with van der Waals surface area (Å²) in [6, 6.07) is 15.4. The third kappa shape index (κ3) is 4.49. The van der Waals surface area contributed by atoms with Crippen LogP contribution in [0.3, 0.4) is 0 Å². The van der Waals surface area contributed by atoms with Crippen molar-refractivity contribution in [2.24, 2.45) is 5.92 Å². The summed E-state index contributed by atoms with van der Waals surface area (Å²) >= 11 is 1.46. The number of rotatable bonds is 5. The highest BCUT2D eigenvalue weighted by atomic mass is 32.1. The highest BCUT2D eigenvalue weighted by molar-refractivity contribution is 7.22. The number of thiazole rings is 1. The number of hydrogen-bond acceptors (Lipinski definition) is 7. The Hall–Kier alpha value is -3.52. The summed E-state index contributed by atoms with van der Waals surface area (Å²) in [5.74, 6) is 2.39. The van der Waals surface area contributed by atoms with Gasteiger partial charge in [-0.05, 0) is 37.1 Å². The molecule has 1 N–H and O–H groups in total. The lowest BCUT2D eigenvalue weighted by Gasteiger charge is -2.31. The van der Waals surface area contributed by atoms with Crippen molar-refractivity contribution in [3.05, 3.63) is 67.1 Å². The Kier molecular flexibility index (Phi) is 5.45. The van der Waals surface area contributed by atoms with Gasteiger partial charge in [0.1, 0.15) is 17.3 Å². The predicted molar refractivity (Wildman–Crippen MR) is 122 cm³/mol. The van der Waals surface area contributed by atoms with Crippen LogP contribution >= 0.6 is 11.3 Å². The molecule has 5 rings (SSSR count). The normalized spacial score (nSPS) is 14.5. The third-order valence-corrected chi connectivity index (χ3v) is 6.24. The number of fused-ring (bicyclic) bond motifs is 1. The molecule has 0 atom stereocenters. The number of piperidine rings is 1. The Balaban J connectivity index is 1.22. The van der Waals surface area contributed by atoms with E-state index in [0.29, 0.717) is 5.13 Å². The summed E-state index contributed by atoms with van der Waals surface area (Å²) in [6.07, 6.45) is 6.68. The topological polar surface area (TPSA) is 80.2 Å². The number of nitrogens with one attached hydrogen (secondary N) is 1. The molecule has 0 spiro atoms. The van der Waals surface area contributed by atoms with E-state index in [1.807, 2.05) is 48.5 Å². The van der Waals surface area contributed by atoms with E-state index in [4.69, 9.17) is 4.74 Å². The molecule has 0 bridgehead atoms. The second-order valence-corrected chi connectivity index (χ2v) is 8.41. The number of anilines is 2. The molecule has 7 nitrogen and oxygen atoms in total. The first-order valence-electron chi connectivity index (χ1n) is 10.2. The molecular weight excluding hydrogens is 410 g/mol. The van der Waals surface area contributed by atoms with Gasteiger partial charge >= 0.3 is 0 Å². The van der Waals surface area contributed by atoms with Crippen molar-refractivity contribution in [1.82, 2.24) is 15.0 Å². The van der Waals surface area contributed by atoms with Crippen LogP contribution in [0.4, 0.5) is 10.9 Å². The fourth-order valence-electron chi connectivity index (χ4n) is 3.68. The van der Waals surface area contributed by atoms with Gasteiger partial charge in [0.2, 0.25) is 5.91 Å². The molecule has 156 valence electrons. The maximum Gasteiger partial charge on any atom is 0.229 e. The molecule has 31 heavy (non-hydrogen) atoms. The smallest absolute Gasteiger partial charge is 0.229 e. The first-order chi connectivity index (χ1) is 15.2. The van der Waals surface area contributed by atoms with Crippen LogP contribution in [0.1, 0.15) is 12.8 Å². The van der Waals surface area contributed by atoms with Gasteiger partial charge in [0.25, 0.3) is 0 Å². The first kappa shape index (κ1) is 19.4. The SMILES string of the molecule is O=C(Nc1nc2ccc(Oc3ccccc3)cc2s1)C1CCN(c2cnccn2)CC1. The molecule has 0 unspecified atom stereocenters. The van der Waals surface area contributed by atoms with Crippen molar-refractivity contribution >= 4 is 38.4 Å². The molecule has 1 saturated heterocycles. The number of benzene rings is 2. The number of amides is 1. The molecule has 2 aromatic carbocycles. The van der Waals surface area contributed by atoms with Gasteiger partial charge < -0.3 is 15.0 Å². The summed E-state index contributed by atoms with van der Waals surface area (Å²) in [5, 5.41) is 3.62. The fraction of sp³-hybridized carbons (Fsp3) is 0.217. The molecule has 8 heteroatoms. The first-order valence-corrected chi connectivity index (χ1v) is 11.0. The monoisotopic (exact) mass is 431 g/mol. The van der Waals surface area contributed by atoms with E-state index in [0.717, 1.165) is 53.5 Å². The zero-order valence-corrected chi connectivity index (χ0v) is 17.6. The van der Waals surface area contributed by atoms with E-state index in [2.05, 4.69) is 25.2 Å².